The van der Waals surface area contributed by atoms with E-state index >= 15 is 0 Å². The summed E-state index contributed by atoms with van der Waals surface area (Å²) in [6.45, 7) is 7.50. The maximum atomic E-state index is 12.7. The largest absolute Gasteiger partial charge is 0.493 e. The fourth-order valence-electron chi connectivity index (χ4n) is 3.26. The van der Waals surface area contributed by atoms with Crippen LogP contribution in [0.4, 0.5) is 0 Å². The monoisotopic (exact) mass is 437 g/mol. The molecule has 0 heterocycles. The average molecular weight is 438 g/mol. The first-order valence-electron chi connectivity index (χ1n) is 10.5. The van der Waals surface area contributed by atoms with Gasteiger partial charge in [0.15, 0.2) is 0 Å². The van der Waals surface area contributed by atoms with Crippen LogP contribution in [0.15, 0.2) is 66.7 Å². The molecule has 0 aliphatic carbocycles. The van der Waals surface area contributed by atoms with Crippen LogP contribution in [-0.4, -0.2) is 12.5 Å². The predicted octanol–water partition coefficient (Wildman–Crippen LogP) is 6.37. The van der Waals surface area contributed by atoms with Crippen molar-refractivity contribution in [3.05, 3.63) is 94.0 Å². The lowest BCUT2D eigenvalue weighted by molar-refractivity contribution is 0.0950. The molecule has 3 rings (SSSR count). The van der Waals surface area contributed by atoms with E-state index < -0.39 is 0 Å². The summed E-state index contributed by atoms with van der Waals surface area (Å²) in [6.07, 6.45) is 0. The molecule has 0 bridgehead atoms. The van der Waals surface area contributed by atoms with E-state index in [1.807, 2.05) is 61.5 Å². The Hall–Kier alpha value is -2.98. The lowest BCUT2D eigenvalue weighted by Gasteiger charge is -2.16. The van der Waals surface area contributed by atoms with E-state index in [0.29, 0.717) is 36.3 Å². The van der Waals surface area contributed by atoms with Gasteiger partial charge in [-0.25, -0.2) is 0 Å². The normalized spacial score (nSPS) is 10.7. The molecule has 162 valence electrons. The molecule has 0 saturated carbocycles. The minimum Gasteiger partial charge on any atom is -0.493 e. The molecule has 0 unspecified atom stereocenters. The number of nitrogens with one attached hydrogen (secondary N) is 1. The zero-order valence-corrected chi connectivity index (χ0v) is 18.9. The minimum absolute atomic E-state index is 0.151. The van der Waals surface area contributed by atoms with Crippen LogP contribution in [0.3, 0.4) is 0 Å². The Morgan fingerprint density at radius 1 is 0.968 bits per heavy atom. The zero-order chi connectivity index (χ0) is 22.2. The second-order valence-corrected chi connectivity index (χ2v) is 7.98. The number of halogens is 1. The van der Waals surface area contributed by atoms with Gasteiger partial charge >= 0.3 is 0 Å². The number of carbonyl (C=O) groups excluding carboxylic acids is 1. The van der Waals surface area contributed by atoms with E-state index in [0.717, 1.165) is 28.2 Å². The zero-order valence-electron chi connectivity index (χ0n) is 18.2. The second kappa shape index (κ2) is 10.9. The van der Waals surface area contributed by atoms with Gasteiger partial charge in [-0.1, -0.05) is 55.8 Å². The molecule has 1 amide bonds. The van der Waals surface area contributed by atoms with Gasteiger partial charge in [0, 0.05) is 22.7 Å². The first kappa shape index (κ1) is 22.7. The summed E-state index contributed by atoms with van der Waals surface area (Å²) in [5.74, 6) is 1.77. The molecule has 4 nitrogen and oxygen atoms in total. The molecule has 0 atom stereocenters. The second-order valence-electron chi connectivity index (χ2n) is 7.55. The lowest BCUT2D eigenvalue weighted by Crippen LogP contribution is -2.23. The third-order valence-electron chi connectivity index (χ3n) is 4.91. The van der Waals surface area contributed by atoms with E-state index in [4.69, 9.17) is 21.1 Å². The van der Waals surface area contributed by atoms with E-state index in [9.17, 15) is 4.79 Å². The van der Waals surface area contributed by atoms with Crippen molar-refractivity contribution in [1.82, 2.24) is 5.32 Å². The molecule has 1 N–H and O–H groups in total. The number of amides is 1. The summed E-state index contributed by atoms with van der Waals surface area (Å²) in [6, 6.07) is 20.9. The van der Waals surface area contributed by atoms with Gasteiger partial charge in [0.25, 0.3) is 5.91 Å². The number of hydrogen-bond acceptors (Lipinski definition) is 3. The van der Waals surface area contributed by atoms with Gasteiger partial charge in [-0.3, -0.25) is 4.79 Å². The van der Waals surface area contributed by atoms with Gasteiger partial charge < -0.3 is 14.8 Å². The third-order valence-corrected chi connectivity index (χ3v) is 5.17. The van der Waals surface area contributed by atoms with Crippen molar-refractivity contribution in [3.63, 3.8) is 0 Å². The molecule has 0 aromatic heterocycles. The Balaban J connectivity index is 1.74. The molecular formula is C26H28ClNO3. The van der Waals surface area contributed by atoms with Crippen LogP contribution in [0.2, 0.25) is 5.02 Å². The van der Waals surface area contributed by atoms with Gasteiger partial charge in [-0.2, -0.15) is 0 Å². The Kier molecular flexibility index (Phi) is 7.96. The number of ether oxygens (including phenoxy) is 2. The summed E-state index contributed by atoms with van der Waals surface area (Å²) < 4.78 is 11.9. The molecule has 0 fully saturated rings. The molecule has 0 aliphatic heterocycles. The summed E-state index contributed by atoms with van der Waals surface area (Å²) in [4.78, 5) is 12.7. The van der Waals surface area contributed by atoms with E-state index in [1.54, 1.807) is 6.07 Å². The van der Waals surface area contributed by atoms with Crippen molar-refractivity contribution in [3.8, 4) is 11.5 Å². The Morgan fingerprint density at radius 2 is 1.71 bits per heavy atom. The first-order valence-corrected chi connectivity index (χ1v) is 10.9. The van der Waals surface area contributed by atoms with Crippen molar-refractivity contribution in [2.24, 2.45) is 0 Å². The number of hydrogen-bond donors (Lipinski definition) is 1. The first-order chi connectivity index (χ1) is 15.0. The van der Waals surface area contributed by atoms with Crippen molar-refractivity contribution in [2.45, 2.75) is 39.8 Å². The smallest absolute Gasteiger partial charge is 0.251 e. The molecule has 3 aromatic carbocycles. The van der Waals surface area contributed by atoms with Crippen molar-refractivity contribution >= 4 is 17.5 Å². The summed E-state index contributed by atoms with van der Waals surface area (Å²) in [7, 11) is 0. The van der Waals surface area contributed by atoms with E-state index in [2.05, 4.69) is 25.2 Å². The van der Waals surface area contributed by atoms with Gasteiger partial charge in [-0.15, -0.1) is 0 Å². The SMILES string of the molecule is CCOc1ccc(C(=O)NCc2ccc(Cl)cc2)cc1COc1ccccc1C(C)C. The molecule has 0 radical (unpaired) electrons. The van der Waals surface area contributed by atoms with Gasteiger partial charge in [0.05, 0.1) is 6.61 Å². The Labute approximate surface area is 189 Å². The highest BCUT2D eigenvalue weighted by Gasteiger charge is 2.13. The molecule has 3 aromatic rings. The van der Waals surface area contributed by atoms with E-state index in [1.165, 1.54) is 0 Å². The van der Waals surface area contributed by atoms with Gasteiger partial charge in [0.2, 0.25) is 0 Å². The van der Waals surface area contributed by atoms with Crippen LogP contribution in [0, 0.1) is 0 Å². The van der Waals surface area contributed by atoms with Gasteiger partial charge in [-0.05, 0) is 60.4 Å². The highest BCUT2D eigenvalue weighted by Crippen LogP contribution is 2.28. The van der Waals surface area contributed by atoms with Crippen molar-refractivity contribution in [2.75, 3.05) is 6.61 Å². The Morgan fingerprint density at radius 3 is 2.42 bits per heavy atom. The van der Waals surface area contributed by atoms with Crippen molar-refractivity contribution in [1.29, 1.82) is 0 Å². The number of rotatable bonds is 9. The molecule has 5 heteroatoms. The number of carbonyl (C=O) groups is 1. The Bertz CT molecular complexity index is 1020. The lowest BCUT2D eigenvalue weighted by atomic mass is 10.0. The minimum atomic E-state index is -0.151. The summed E-state index contributed by atoms with van der Waals surface area (Å²) in [5, 5.41) is 3.62. The summed E-state index contributed by atoms with van der Waals surface area (Å²) >= 11 is 5.92. The molecule has 0 saturated heterocycles. The summed E-state index contributed by atoms with van der Waals surface area (Å²) in [5.41, 5.74) is 3.53. The van der Waals surface area contributed by atoms with E-state index in [-0.39, 0.29) is 5.91 Å². The topological polar surface area (TPSA) is 47.6 Å². The fraction of sp³-hybridized carbons (Fsp3) is 0.269. The molecule has 0 aliphatic rings. The van der Waals surface area contributed by atoms with Crippen LogP contribution in [0.5, 0.6) is 11.5 Å². The fourth-order valence-corrected chi connectivity index (χ4v) is 3.39. The number of benzene rings is 3. The average Bonchev–Trinajstić information content (AvgIpc) is 2.78. The van der Waals surface area contributed by atoms with Crippen LogP contribution >= 0.6 is 11.6 Å². The van der Waals surface area contributed by atoms with Crippen LogP contribution < -0.4 is 14.8 Å². The van der Waals surface area contributed by atoms with Crippen LogP contribution in [0.25, 0.3) is 0 Å². The third kappa shape index (κ3) is 6.25. The van der Waals surface area contributed by atoms with Crippen LogP contribution in [-0.2, 0) is 13.2 Å². The predicted molar refractivity (Wildman–Crippen MR) is 125 cm³/mol. The van der Waals surface area contributed by atoms with Gasteiger partial charge in [0.1, 0.15) is 18.1 Å². The highest BCUT2D eigenvalue weighted by molar-refractivity contribution is 6.30. The molecule has 31 heavy (non-hydrogen) atoms. The van der Waals surface area contributed by atoms with Crippen molar-refractivity contribution < 1.29 is 14.3 Å². The number of para-hydroxylation sites is 1. The molecule has 0 spiro atoms. The highest BCUT2D eigenvalue weighted by atomic mass is 35.5. The standard InChI is InChI=1S/C26H28ClNO3/c1-4-30-24-14-11-20(26(29)28-16-19-9-12-22(27)13-10-19)15-21(24)17-31-25-8-6-5-7-23(25)18(2)3/h5-15,18H,4,16-17H2,1-3H3,(H,28,29). The van der Waals surface area contributed by atoms with Crippen LogP contribution in [0.1, 0.15) is 53.7 Å². The maximum absolute atomic E-state index is 12.7. The maximum Gasteiger partial charge on any atom is 0.251 e. The molecular weight excluding hydrogens is 410 g/mol. The quantitative estimate of drug-likeness (QED) is 0.423.